The average Bonchev–Trinajstić information content (AvgIpc) is 3.21. The fourth-order valence-electron chi connectivity index (χ4n) is 4.47. The molecule has 12 heteroatoms. The SMILES string of the molecule is Cc1ccc(S(=O)(=O)CCC(=O)Nc2ccc(Oc3ccc4c(c3)C(=O)N(c3ccccc3C(F)(F)F)C4=O)cc2)cc1. The number of rotatable bonds is 8. The number of anilines is 2. The molecule has 43 heavy (non-hydrogen) atoms. The number of nitrogens with zero attached hydrogens (tertiary/aromatic N) is 1. The van der Waals surface area contributed by atoms with Gasteiger partial charge in [0, 0.05) is 12.1 Å². The van der Waals surface area contributed by atoms with E-state index >= 15 is 0 Å². The smallest absolute Gasteiger partial charge is 0.418 e. The number of carbonyl (C=O) groups is 3. The van der Waals surface area contributed by atoms with Crippen molar-refractivity contribution >= 4 is 38.9 Å². The molecule has 1 aliphatic rings. The first-order chi connectivity index (χ1) is 20.3. The maximum atomic E-state index is 13.5. The Morgan fingerprint density at radius 3 is 2.14 bits per heavy atom. The van der Waals surface area contributed by atoms with Gasteiger partial charge >= 0.3 is 6.18 Å². The fraction of sp³-hybridized carbons (Fsp3) is 0.129. The summed E-state index contributed by atoms with van der Waals surface area (Å²) < 4.78 is 71.3. The molecule has 4 aromatic carbocycles. The number of imide groups is 1. The van der Waals surface area contributed by atoms with E-state index in [1.54, 1.807) is 12.1 Å². The van der Waals surface area contributed by atoms with Crippen molar-refractivity contribution in [1.29, 1.82) is 0 Å². The predicted molar refractivity (Wildman–Crippen MR) is 152 cm³/mol. The monoisotopic (exact) mass is 608 g/mol. The molecular formula is C31H23F3N2O6S. The van der Waals surface area contributed by atoms with E-state index in [1.807, 2.05) is 6.92 Å². The molecule has 8 nitrogen and oxygen atoms in total. The van der Waals surface area contributed by atoms with E-state index in [4.69, 9.17) is 4.74 Å². The van der Waals surface area contributed by atoms with Gasteiger partial charge < -0.3 is 10.1 Å². The van der Waals surface area contributed by atoms with E-state index < -0.39 is 45.0 Å². The number of alkyl halides is 3. The van der Waals surface area contributed by atoms with Gasteiger partial charge in [-0.3, -0.25) is 14.4 Å². The van der Waals surface area contributed by atoms with Crippen LogP contribution in [0.3, 0.4) is 0 Å². The molecule has 4 aromatic rings. The zero-order chi connectivity index (χ0) is 30.9. The summed E-state index contributed by atoms with van der Waals surface area (Å²) in [5.74, 6) is -2.19. The molecule has 1 N–H and O–H groups in total. The second kappa shape index (κ2) is 11.4. The zero-order valence-electron chi connectivity index (χ0n) is 22.5. The summed E-state index contributed by atoms with van der Waals surface area (Å²) in [5.41, 5.74) is -0.531. The molecule has 0 unspecified atom stereocenters. The van der Waals surface area contributed by atoms with Gasteiger partial charge in [-0.15, -0.1) is 0 Å². The first-order valence-electron chi connectivity index (χ1n) is 12.9. The molecule has 0 bridgehead atoms. The van der Waals surface area contributed by atoms with Gasteiger partial charge in [0.2, 0.25) is 5.91 Å². The van der Waals surface area contributed by atoms with E-state index in [2.05, 4.69) is 5.32 Å². The number of hydrogen-bond acceptors (Lipinski definition) is 6. The van der Waals surface area contributed by atoms with Crippen LogP contribution < -0.4 is 15.0 Å². The van der Waals surface area contributed by atoms with Crippen LogP contribution in [0.1, 0.15) is 38.3 Å². The van der Waals surface area contributed by atoms with Gasteiger partial charge in [-0.1, -0.05) is 29.8 Å². The quantitative estimate of drug-likeness (QED) is 0.232. The molecule has 0 spiro atoms. The van der Waals surface area contributed by atoms with Crippen LogP contribution in [0.15, 0.2) is 95.9 Å². The number of amides is 3. The van der Waals surface area contributed by atoms with Gasteiger partial charge in [0.1, 0.15) is 11.5 Å². The van der Waals surface area contributed by atoms with Crippen molar-refractivity contribution in [3.8, 4) is 11.5 Å². The third-order valence-electron chi connectivity index (χ3n) is 6.66. The van der Waals surface area contributed by atoms with Crippen LogP contribution >= 0.6 is 0 Å². The van der Waals surface area contributed by atoms with E-state index in [0.29, 0.717) is 16.3 Å². The Hall–Kier alpha value is -4.97. The Morgan fingerprint density at radius 2 is 1.47 bits per heavy atom. The second-order valence-corrected chi connectivity index (χ2v) is 11.8. The molecular weight excluding hydrogens is 585 g/mol. The maximum absolute atomic E-state index is 13.5. The van der Waals surface area contributed by atoms with Crippen LogP contribution in [0.25, 0.3) is 0 Å². The topological polar surface area (TPSA) is 110 Å². The van der Waals surface area contributed by atoms with Crippen molar-refractivity contribution in [1.82, 2.24) is 0 Å². The molecule has 0 aliphatic carbocycles. The summed E-state index contributed by atoms with van der Waals surface area (Å²) in [6, 6.07) is 20.8. The average molecular weight is 609 g/mol. The van der Waals surface area contributed by atoms with Crippen molar-refractivity contribution in [2.45, 2.75) is 24.4 Å². The zero-order valence-corrected chi connectivity index (χ0v) is 23.3. The van der Waals surface area contributed by atoms with Crippen molar-refractivity contribution in [3.63, 3.8) is 0 Å². The minimum Gasteiger partial charge on any atom is -0.457 e. The van der Waals surface area contributed by atoms with Crippen LogP contribution in [-0.4, -0.2) is 31.9 Å². The van der Waals surface area contributed by atoms with Crippen LogP contribution in [0, 0.1) is 6.92 Å². The Labute approximate surface area is 244 Å². The molecule has 3 amide bonds. The number of hydrogen-bond donors (Lipinski definition) is 1. The van der Waals surface area contributed by atoms with Gasteiger partial charge in [0.25, 0.3) is 11.8 Å². The summed E-state index contributed by atoms with van der Waals surface area (Å²) in [5, 5.41) is 2.62. The molecule has 1 heterocycles. The number of nitrogens with one attached hydrogen (secondary N) is 1. The maximum Gasteiger partial charge on any atom is 0.418 e. The highest BCUT2D eigenvalue weighted by Gasteiger charge is 2.42. The van der Waals surface area contributed by atoms with Gasteiger partial charge in [-0.05, 0) is 73.7 Å². The Balaban J connectivity index is 1.23. The third-order valence-corrected chi connectivity index (χ3v) is 8.39. The van der Waals surface area contributed by atoms with Crippen molar-refractivity contribution in [2.24, 2.45) is 0 Å². The lowest BCUT2D eigenvalue weighted by molar-refractivity contribution is -0.137. The number of aryl methyl sites for hydroxylation is 1. The molecule has 5 rings (SSSR count). The van der Waals surface area contributed by atoms with E-state index in [9.17, 15) is 36.0 Å². The van der Waals surface area contributed by atoms with Crippen LogP contribution in [0.4, 0.5) is 24.5 Å². The minimum atomic E-state index is -4.77. The molecule has 0 aromatic heterocycles. The van der Waals surface area contributed by atoms with Crippen molar-refractivity contribution < 1.29 is 40.7 Å². The highest BCUT2D eigenvalue weighted by atomic mass is 32.2. The van der Waals surface area contributed by atoms with Gasteiger partial charge in [-0.2, -0.15) is 13.2 Å². The van der Waals surface area contributed by atoms with Crippen LogP contribution in [0.2, 0.25) is 0 Å². The van der Waals surface area contributed by atoms with Crippen molar-refractivity contribution in [3.05, 3.63) is 113 Å². The largest absolute Gasteiger partial charge is 0.457 e. The number of carbonyl (C=O) groups excluding carboxylic acids is 3. The number of para-hydroxylation sites is 1. The van der Waals surface area contributed by atoms with E-state index in [0.717, 1.165) is 17.7 Å². The van der Waals surface area contributed by atoms with Gasteiger partial charge in [0.05, 0.1) is 33.0 Å². The van der Waals surface area contributed by atoms with Crippen LogP contribution in [-0.2, 0) is 20.8 Å². The molecule has 0 fully saturated rings. The number of sulfone groups is 1. The van der Waals surface area contributed by atoms with Gasteiger partial charge in [0.15, 0.2) is 9.84 Å². The molecule has 0 saturated carbocycles. The first kappa shape index (κ1) is 29.5. The summed E-state index contributed by atoms with van der Waals surface area (Å²) in [6.45, 7) is 1.84. The summed E-state index contributed by atoms with van der Waals surface area (Å²) in [7, 11) is -3.62. The highest BCUT2D eigenvalue weighted by Crippen LogP contribution is 2.40. The third kappa shape index (κ3) is 6.28. The molecule has 1 aliphatic heterocycles. The standard InChI is InChI=1S/C31H23F3N2O6S/c1-19-6-13-23(14-7-19)43(40,41)17-16-28(37)35-20-8-10-21(11-9-20)42-22-12-15-24-25(18-22)30(39)36(29(24)38)27-5-3-2-4-26(27)31(32,33)34/h2-15,18H,16-17H2,1H3,(H,35,37). The summed E-state index contributed by atoms with van der Waals surface area (Å²) in [6.07, 6.45) is -5.02. The normalized spacial score (nSPS) is 13.2. The molecule has 220 valence electrons. The first-order valence-corrected chi connectivity index (χ1v) is 14.5. The summed E-state index contributed by atoms with van der Waals surface area (Å²) in [4.78, 5) is 39.0. The molecule has 0 saturated heterocycles. The van der Waals surface area contributed by atoms with Crippen molar-refractivity contribution in [2.75, 3.05) is 16.0 Å². The highest BCUT2D eigenvalue weighted by molar-refractivity contribution is 7.91. The van der Waals surface area contributed by atoms with Crippen LogP contribution in [0.5, 0.6) is 11.5 Å². The lowest BCUT2D eigenvalue weighted by atomic mass is 10.1. The Bertz CT molecular complexity index is 1840. The number of halogens is 3. The lowest BCUT2D eigenvalue weighted by Gasteiger charge is -2.19. The second-order valence-electron chi connectivity index (χ2n) is 9.72. The predicted octanol–water partition coefficient (Wildman–Crippen LogP) is 6.41. The van der Waals surface area contributed by atoms with Gasteiger partial charge in [-0.25, -0.2) is 13.3 Å². The number of benzene rings is 4. The summed E-state index contributed by atoms with van der Waals surface area (Å²) >= 11 is 0. The number of fused-ring (bicyclic) bond motifs is 1. The minimum absolute atomic E-state index is 0.0585. The fourth-order valence-corrected chi connectivity index (χ4v) is 5.71. The van der Waals surface area contributed by atoms with E-state index in [1.165, 1.54) is 66.7 Å². The Morgan fingerprint density at radius 1 is 0.837 bits per heavy atom. The number of ether oxygens (including phenoxy) is 1. The van der Waals surface area contributed by atoms with E-state index in [-0.39, 0.29) is 33.9 Å². The molecule has 0 radical (unpaired) electrons. The molecule has 0 atom stereocenters. The lowest BCUT2D eigenvalue weighted by Crippen LogP contribution is -2.31. The Kier molecular flexibility index (Phi) is 7.80.